The second kappa shape index (κ2) is 12.7. The van der Waals surface area contributed by atoms with Crippen molar-refractivity contribution in [1.29, 1.82) is 0 Å². The van der Waals surface area contributed by atoms with Crippen LogP contribution >= 0.6 is 0 Å². The van der Waals surface area contributed by atoms with Crippen LogP contribution in [0, 0.1) is 0 Å². The molecule has 0 aliphatic heterocycles. The van der Waals surface area contributed by atoms with E-state index in [0.717, 1.165) is 6.04 Å². The lowest BCUT2D eigenvalue weighted by Gasteiger charge is -2.41. The van der Waals surface area contributed by atoms with Crippen molar-refractivity contribution in [1.82, 2.24) is 0 Å². The Hall–Kier alpha value is -2.99. The van der Waals surface area contributed by atoms with E-state index in [9.17, 15) is 0 Å². The van der Waals surface area contributed by atoms with Gasteiger partial charge in [-0.05, 0) is 17.1 Å². The van der Waals surface area contributed by atoms with Crippen LogP contribution in [-0.4, -0.2) is 24.2 Å². The zero-order valence-electron chi connectivity index (χ0n) is 24.3. The van der Waals surface area contributed by atoms with Gasteiger partial charge in [-0.1, -0.05) is 199 Å². The summed E-state index contributed by atoms with van der Waals surface area (Å²) < 4.78 is 0. The molecule has 5 rings (SSSR count). The number of allylic oxidation sites excluding steroid dienone is 9. The standard InChI is InChI=1S/C37H44Si3/c1-4-28-40(37-26-12-7-13-27-37,31-29-38(2,35-22-14-15-23-35)33-18-8-5-9-19-33)32-30-39(3,36-24-16-17-25-36)34-20-10-6-11-21-34/h4-27,35-36H,1,28-32H2,2-3H3. The second-order valence-corrected chi connectivity index (χ2v) is 26.0. The second-order valence-electron chi connectivity index (χ2n) is 12.3. The highest BCUT2D eigenvalue weighted by Crippen LogP contribution is 2.40. The first-order chi connectivity index (χ1) is 19.5. The Kier molecular flexibility index (Phi) is 9.04. The Balaban J connectivity index is 1.52. The maximum atomic E-state index is 4.34. The summed E-state index contributed by atoms with van der Waals surface area (Å²) in [4.78, 5) is 0. The fourth-order valence-electron chi connectivity index (χ4n) is 7.16. The van der Waals surface area contributed by atoms with Crippen LogP contribution in [0.4, 0.5) is 0 Å². The molecule has 2 aliphatic rings. The highest BCUT2D eigenvalue weighted by Gasteiger charge is 2.44. The van der Waals surface area contributed by atoms with Gasteiger partial charge in [0.2, 0.25) is 0 Å². The van der Waals surface area contributed by atoms with Crippen molar-refractivity contribution >= 4 is 39.8 Å². The van der Waals surface area contributed by atoms with Crippen molar-refractivity contribution in [2.75, 3.05) is 0 Å². The van der Waals surface area contributed by atoms with Gasteiger partial charge < -0.3 is 0 Å². The molecule has 0 bridgehead atoms. The molecule has 0 saturated heterocycles. The first-order valence-corrected chi connectivity index (χ1v) is 23.2. The molecule has 3 aromatic carbocycles. The Labute approximate surface area is 245 Å². The van der Waals surface area contributed by atoms with E-state index in [1.165, 1.54) is 24.2 Å². The minimum absolute atomic E-state index is 0.568. The van der Waals surface area contributed by atoms with E-state index in [-0.39, 0.29) is 0 Å². The molecule has 0 heterocycles. The topological polar surface area (TPSA) is 0 Å². The fourth-order valence-corrected chi connectivity index (χ4v) is 24.1. The largest absolute Gasteiger partial charge is 0.103 e. The predicted octanol–water partition coefficient (Wildman–Crippen LogP) is 8.49. The third kappa shape index (κ3) is 5.88. The lowest BCUT2D eigenvalue weighted by Crippen LogP contribution is -2.55. The molecule has 0 radical (unpaired) electrons. The zero-order chi connectivity index (χ0) is 27.9. The third-order valence-electron chi connectivity index (χ3n) is 10.0. The summed E-state index contributed by atoms with van der Waals surface area (Å²) in [5.74, 6) is 0. The van der Waals surface area contributed by atoms with Crippen LogP contribution in [0.3, 0.4) is 0 Å². The monoisotopic (exact) mass is 572 g/mol. The highest BCUT2D eigenvalue weighted by atomic mass is 28.3. The van der Waals surface area contributed by atoms with Crippen molar-refractivity contribution in [3.8, 4) is 0 Å². The fraction of sp³-hybridized carbons (Fsp3) is 0.243. The van der Waals surface area contributed by atoms with E-state index in [0.29, 0.717) is 11.1 Å². The van der Waals surface area contributed by atoms with Gasteiger partial charge in [-0.2, -0.15) is 0 Å². The maximum absolute atomic E-state index is 4.34. The van der Waals surface area contributed by atoms with Crippen molar-refractivity contribution in [2.45, 2.75) is 54.4 Å². The average Bonchev–Trinajstić information content (AvgIpc) is 3.76. The van der Waals surface area contributed by atoms with Crippen LogP contribution in [0.1, 0.15) is 0 Å². The van der Waals surface area contributed by atoms with Crippen molar-refractivity contribution < 1.29 is 0 Å². The lowest BCUT2D eigenvalue weighted by atomic mass is 10.4. The van der Waals surface area contributed by atoms with Crippen LogP contribution in [0.2, 0.25) is 54.4 Å². The summed E-state index contributed by atoms with van der Waals surface area (Å²) in [7, 11) is -5.53. The normalized spacial score (nSPS) is 19.4. The van der Waals surface area contributed by atoms with Crippen LogP contribution < -0.4 is 15.6 Å². The summed E-state index contributed by atoms with van der Waals surface area (Å²) in [6.45, 7) is 9.63. The molecule has 0 spiro atoms. The van der Waals surface area contributed by atoms with Gasteiger partial charge in [0.15, 0.2) is 0 Å². The Bertz CT molecular complexity index is 1270. The average molecular weight is 573 g/mol. The SMILES string of the molecule is C=CC[Si](CC[Si](C)(c1ccccc1)C1C=CC=C1)(CC[Si](C)(c1ccccc1)C1C=CC=C1)c1ccccc1. The van der Waals surface area contributed by atoms with Crippen molar-refractivity contribution in [3.63, 3.8) is 0 Å². The van der Waals surface area contributed by atoms with E-state index in [4.69, 9.17) is 0 Å². The first-order valence-electron chi connectivity index (χ1n) is 15.0. The Morgan fingerprint density at radius 1 is 0.525 bits per heavy atom. The van der Waals surface area contributed by atoms with Gasteiger partial charge in [-0.15, -0.1) is 6.58 Å². The molecule has 0 saturated carbocycles. The minimum atomic E-state index is -1.90. The van der Waals surface area contributed by atoms with Crippen LogP contribution in [0.5, 0.6) is 0 Å². The molecular formula is C37H44Si3. The maximum Gasteiger partial charge on any atom is 0.0939 e. The van der Waals surface area contributed by atoms with Crippen LogP contribution in [0.25, 0.3) is 0 Å². The smallest absolute Gasteiger partial charge is 0.0939 e. The molecule has 0 nitrogen and oxygen atoms in total. The summed E-state index contributed by atoms with van der Waals surface area (Å²) in [6, 6.07) is 41.0. The molecule has 3 aromatic rings. The van der Waals surface area contributed by atoms with Crippen LogP contribution in [-0.2, 0) is 0 Å². The van der Waals surface area contributed by atoms with Gasteiger partial charge in [-0.25, -0.2) is 0 Å². The molecule has 2 unspecified atom stereocenters. The van der Waals surface area contributed by atoms with E-state index < -0.39 is 24.2 Å². The van der Waals surface area contributed by atoms with Gasteiger partial charge in [0.05, 0.1) is 24.2 Å². The number of hydrogen-bond donors (Lipinski definition) is 0. The van der Waals surface area contributed by atoms with E-state index >= 15 is 0 Å². The molecule has 0 aromatic heterocycles. The summed E-state index contributed by atoms with van der Waals surface area (Å²) in [6.07, 6.45) is 21.2. The lowest BCUT2D eigenvalue weighted by molar-refractivity contribution is 1.14. The Morgan fingerprint density at radius 2 is 0.875 bits per heavy atom. The van der Waals surface area contributed by atoms with Crippen molar-refractivity contribution in [2.24, 2.45) is 0 Å². The highest BCUT2D eigenvalue weighted by molar-refractivity contribution is 6.99. The van der Waals surface area contributed by atoms with E-state index in [2.05, 4.69) is 165 Å². The zero-order valence-corrected chi connectivity index (χ0v) is 27.3. The number of hydrogen-bond acceptors (Lipinski definition) is 0. The van der Waals surface area contributed by atoms with Gasteiger partial charge in [0.25, 0.3) is 0 Å². The summed E-state index contributed by atoms with van der Waals surface area (Å²) in [5, 5.41) is 4.81. The molecule has 0 amide bonds. The summed E-state index contributed by atoms with van der Waals surface area (Å²) >= 11 is 0. The van der Waals surface area contributed by atoms with E-state index in [1.54, 1.807) is 15.6 Å². The van der Waals surface area contributed by atoms with Gasteiger partial charge in [-0.3, -0.25) is 0 Å². The first kappa shape index (κ1) is 28.5. The molecule has 40 heavy (non-hydrogen) atoms. The number of rotatable bonds is 13. The van der Waals surface area contributed by atoms with Crippen molar-refractivity contribution in [3.05, 3.63) is 152 Å². The molecule has 2 aliphatic carbocycles. The molecule has 0 N–H and O–H groups in total. The molecule has 2 atom stereocenters. The quantitative estimate of drug-likeness (QED) is 0.142. The van der Waals surface area contributed by atoms with Gasteiger partial charge in [0.1, 0.15) is 0 Å². The summed E-state index contributed by atoms with van der Waals surface area (Å²) in [5.41, 5.74) is 1.14. The predicted molar refractivity (Wildman–Crippen MR) is 186 cm³/mol. The van der Waals surface area contributed by atoms with Crippen LogP contribution in [0.15, 0.2) is 152 Å². The molecule has 0 fully saturated rings. The Morgan fingerprint density at radius 3 is 1.23 bits per heavy atom. The molecular weight excluding hydrogens is 529 g/mol. The minimum Gasteiger partial charge on any atom is -0.103 e. The van der Waals surface area contributed by atoms with E-state index in [1.807, 2.05) is 0 Å². The van der Waals surface area contributed by atoms with Gasteiger partial charge >= 0.3 is 0 Å². The third-order valence-corrected chi connectivity index (χ3v) is 25.6. The van der Waals surface area contributed by atoms with Gasteiger partial charge in [0, 0.05) is 0 Å². The number of benzene rings is 3. The molecule has 204 valence electrons. The molecule has 3 heteroatoms.